The van der Waals surface area contributed by atoms with Gasteiger partial charge in [-0.05, 0) is 31.5 Å². The van der Waals surface area contributed by atoms with Gasteiger partial charge < -0.3 is 10.1 Å². The Bertz CT molecular complexity index is 682. The fraction of sp³-hybridized carbons (Fsp3) is 0.294. The normalized spacial score (nSPS) is 15.4. The third kappa shape index (κ3) is 2.97. The van der Waals surface area contributed by atoms with Crippen LogP contribution in [-0.2, 0) is 13.0 Å². The molecule has 110 valence electrons. The summed E-state index contributed by atoms with van der Waals surface area (Å²) in [5, 5.41) is 4.43. The molecule has 0 aliphatic carbocycles. The van der Waals surface area contributed by atoms with Crippen molar-refractivity contribution in [2.75, 3.05) is 5.32 Å². The van der Waals surface area contributed by atoms with Gasteiger partial charge in [-0.2, -0.15) is 0 Å². The number of ether oxygens (including phenoxy) is 1. The number of rotatable bonds is 3. The highest BCUT2D eigenvalue weighted by molar-refractivity contribution is 6.43. The van der Waals surface area contributed by atoms with E-state index in [0.717, 1.165) is 23.4 Å². The van der Waals surface area contributed by atoms with E-state index in [2.05, 4.69) is 37.4 Å². The molecule has 0 aromatic heterocycles. The molecule has 0 bridgehead atoms. The molecule has 0 saturated carbocycles. The number of halogens is 2. The largest absolute Gasteiger partial charge is 0.487 e. The van der Waals surface area contributed by atoms with Gasteiger partial charge in [-0.25, -0.2) is 0 Å². The molecule has 2 aromatic rings. The van der Waals surface area contributed by atoms with Crippen LogP contribution in [0.5, 0.6) is 5.75 Å². The quantitative estimate of drug-likeness (QED) is 0.826. The van der Waals surface area contributed by atoms with E-state index in [9.17, 15) is 0 Å². The van der Waals surface area contributed by atoms with Crippen LogP contribution in [0.3, 0.4) is 0 Å². The Kier molecular flexibility index (Phi) is 3.76. The van der Waals surface area contributed by atoms with Crippen molar-refractivity contribution >= 4 is 28.9 Å². The van der Waals surface area contributed by atoms with Crippen molar-refractivity contribution in [3.05, 3.63) is 57.6 Å². The minimum atomic E-state index is -0.133. The molecule has 2 aromatic carbocycles. The van der Waals surface area contributed by atoms with Gasteiger partial charge in [-0.3, -0.25) is 0 Å². The molecule has 0 spiro atoms. The zero-order chi connectivity index (χ0) is 15.0. The molecule has 0 unspecified atom stereocenters. The Hall–Kier alpha value is -1.38. The minimum Gasteiger partial charge on any atom is -0.487 e. The first kappa shape index (κ1) is 14.6. The number of anilines is 1. The summed E-state index contributed by atoms with van der Waals surface area (Å²) in [7, 11) is 0. The molecule has 21 heavy (non-hydrogen) atoms. The molecular formula is C17H17Cl2NO. The van der Waals surface area contributed by atoms with Gasteiger partial charge in [0.05, 0.1) is 15.7 Å². The van der Waals surface area contributed by atoms with Gasteiger partial charge in [0.2, 0.25) is 0 Å². The summed E-state index contributed by atoms with van der Waals surface area (Å²) in [6.07, 6.45) is 0.939. The van der Waals surface area contributed by atoms with Gasteiger partial charge in [-0.15, -0.1) is 0 Å². The molecule has 0 atom stereocenters. The highest BCUT2D eigenvalue weighted by atomic mass is 35.5. The SMILES string of the molecule is CC1(C)Cc2cccc(CNc3cccc(Cl)c3Cl)c2O1. The van der Waals surface area contributed by atoms with Crippen molar-refractivity contribution in [1.82, 2.24) is 0 Å². The fourth-order valence-electron chi connectivity index (χ4n) is 2.65. The predicted octanol–water partition coefficient (Wildman–Crippen LogP) is 5.32. The maximum absolute atomic E-state index is 6.20. The first-order valence-corrected chi connectivity index (χ1v) is 7.69. The predicted molar refractivity (Wildman–Crippen MR) is 88.6 cm³/mol. The van der Waals surface area contributed by atoms with Crippen molar-refractivity contribution < 1.29 is 4.74 Å². The lowest BCUT2D eigenvalue weighted by Crippen LogP contribution is -2.25. The number of nitrogens with one attached hydrogen (secondary N) is 1. The van der Waals surface area contributed by atoms with Gasteiger partial charge >= 0.3 is 0 Å². The van der Waals surface area contributed by atoms with Crippen molar-refractivity contribution in [2.24, 2.45) is 0 Å². The average Bonchev–Trinajstić information content (AvgIpc) is 2.75. The van der Waals surface area contributed by atoms with E-state index in [4.69, 9.17) is 27.9 Å². The Morgan fingerprint density at radius 3 is 2.71 bits per heavy atom. The third-order valence-corrected chi connectivity index (χ3v) is 4.41. The van der Waals surface area contributed by atoms with E-state index in [-0.39, 0.29) is 5.60 Å². The van der Waals surface area contributed by atoms with E-state index >= 15 is 0 Å². The lowest BCUT2D eigenvalue weighted by atomic mass is 10.0. The van der Waals surface area contributed by atoms with Crippen LogP contribution in [0.15, 0.2) is 36.4 Å². The van der Waals surface area contributed by atoms with E-state index in [1.54, 1.807) is 6.07 Å². The summed E-state index contributed by atoms with van der Waals surface area (Å²) in [5.74, 6) is 0.994. The summed E-state index contributed by atoms with van der Waals surface area (Å²) in [4.78, 5) is 0. The highest BCUT2D eigenvalue weighted by Gasteiger charge is 2.31. The van der Waals surface area contributed by atoms with E-state index in [1.165, 1.54) is 5.56 Å². The molecule has 1 aliphatic rings. The summed E-state index contributed by atoms with van der Waals surface area (Å²) in [5.41, 5.74) is 3.09. The Balaban J connectivity index is 1.82. The molecular weight excluding hydrogens is 305 g/mol. The van der Waals surface area contributed by atoms with Crippen LogP contribution in [0.25, 0.3) is 0 Å². The number of fused-ring (bicyclic) bond motifs is 1. The standard InChI is InChI=1S/C17H17Cl2NO/c1-17(2)9-11-5-3-6-12(16(11)21-17)10-20-14-8-4-7-13(18)15(14)19/h3-8,20H,9-10H2,1-2H3. The molecule has 0 saturated heterocycles. The van der Waals surface area contributed by atoms with Crippen LogP contribution in [0, 0.1) is 0 Å². The fourth-order valence-corrected chi connectivity index (χ4v) is 3.02. The zero-order valence-electron chi connectivity index (χ0n) is 12.0. The third-order valence-electron chi connectivity index (χ3n) is 3.59. The number of para-hydroxylation sites is 1. The van der Waals surface area contributed by atoms with Crippen LogP contribution in [-0.4, -0.2) is 5.60 Å². The second-order valence-corrected chi connectivity index (χ2v) is 6.68. The van der Waals surface area contributed by atoms with Gasteiger partial charge in [0.1, 0.15) is 11.4 Å². The molecule has 2 nitrogen and oxygen atoms in total. The topological polar surface area (TPSA) is 21.3 Å². The van der Waals surface area contributed by atoms with Crippen LogP contribution >= 0.6 is 23.2 Å². The summed E-state index contributed by atoms with van der Waals surface area (Å²) in [6.45, 7) is 4.87. The highest BCUT2D eigenvalue weighted by Crippen LogP contribution is 2.38. The first-order valence-electron chi connectivity index (χ1n) is 6.94. The summed E-state index contributed by atoms with van der Waals surface area (Å²) in [6, 6.07) is 11.8. The zero-order valence-corrected chi connectivity index (χ0v) is 13.6. The second kappa shape index (κ2) is 5.43. The number of benzene rings is 2. The van der Waals surface area contributed by atoms with Crippen molar-refractivity contribution in [1.29, 1.82) is 0 Å². The number of hydrogen-bond acceptors (Lipinski definition) is 2. The lowest BCUT2D eigenvalue weighted by molar-refractivity contribution is 0.137. The Morgan fingerprint density at radius 1 is 1.14 bits per heavy atom. The maximum atomic E-state index is 6.20. The van der Waals surface area contributed by atoms with E-state index < -0.39 is 0 Å². The van der Waals surface area contributed by atoms with E-state index in [1.807, 2.05) is 12.1 Å². The Labute approximate surface area is 135 Å². The Morgan fingerprint density at radius 2 is 1.90 bits per heavy atom. The van der Waals surface area contributed by atoms with Crippen molar-refractivity contribution in [2.45, 2.75) is 32.4 Å². The van der Waals surface area contributed by atoms with Gasteiger partial charge in [-0.1, -0.05) is 47.5 Å². The molecule has 0 fully saturated rings. The van der Waals surface area contributed by atoms with Crippen molar-refractivity contribution in [3.63, 3.8) is 0 Å². The smallest absolute Gasteiger partial charge is 0.128 e. The molecule has 1 N–H and O–H groups in total. The van der Waals surface area contributed by atoms with Gasteiger partial charge in [0.25, 0.3) is 0 Å². The molecule has 0 radical (unpaired) electrons. The van der Waals surface area contributed by atoms with Crippen LogP contribution < -0.4 is 10.1 Å². The van der Waals surface area contributed by atoms with Crippen LogP contribution in [0.4, 0.5) is 5.69 Å². The summed E-state index contributed by atoms with van der Waals surface area (Å²) >= 11 is 12.2. The van der Waals surface area contributed by atoms with Crippen LogP contribution in [0.2, 0.25) is 10.0 Å². The summed E-state index contributed by atoms with van der Waals surface area (Å²) < 4.78 is 6.07. The van der Waals surface area contributed by atoms with Crippen LogP contribution in [0.1, 0.15) is 25.0 Å². The average molecular weight is 322 g/mol. The van der Waals surface area contributed by atoms with E-state index in [0.29, 0.717) is 16.6 Å². The van der Waals surface area contributed by atoms with Crippen molar-refractivity contribution in [3.8, 4) is 5.75 Å². The molecule has 1 heterocycles. The molecule has 1 aliphatic heterocycles. The first-order chi connectivity index (χ1) is 9.96. The van der Waals surface area contributed by atoms with Gasteiger partial charge in [0, 0.05) is 18.5 Å². The number of hydrogen-bond donors (Lipinski definition) is 1. The molecule has 4 heteroatoms. The monoisotopic (exact) mass is 321 g/mol. The molecule has 3 rings (SSSR count). The molecule has 0 amide bonds. The second-order valence-electron chi connectivity index (χ2n) is 5.90. The lowest BCUT2D eigenvalue weighted by Gasteiger charge is -2.18. The maximum Gasteiger partial charge on any atom is 0.128 e. The minimum absolute atomic E-state index is 0.133. The van der Waals surface area contributed by atoms with Gasteiger partial charge in [0.15, 0.2) is 0 Å².